The van der Waals surface area contributed by atoms with Crippen LogP contribution in [0.4, 0.5) is 5.82 Å². The summed E-state index contributed by atoms with van der Waals surface area (Å²) in [5.74, 6) is 0.0172. The number of rotatable bonds is 5. The Morgan fingerprint density at radius 2 is 1.50 bits per heavy atom. The molecule has 0 atom stereocenters. The van der Waals surface area contributed by atoms with Gasteiger partial charge in [-0.05, 0) is 11.1 Å². The first-order valence-electron chi connectivity index (χ1n) is 7.50. The Bertz CT molecular complexity index is 931. The van der Waals surface area contributed by atoms with E-state index < -0.39 is 11.2 Å². The highest BCUT2D eigenvalue weighted by molar-refractivity contribution is 5.41. The van der Waals surface area contributed by atoms with Gasteiger partial charge in [0.15, 0.2) is 5.82 Å². The third-order valence-electron chi connectivity index (χ3n) is 3.63. The van der Waals surface area contributed by atoms with Crippen molar-refractivity contribution < 1.29 is 4.84 Å². The maximum atomic E-state index is 12.1. The molecule has 0 radical (unpaired) electrons. The second kappa shape index (κ2) is 6.87. The Balaban J connectivity index is 1.91. The molecular weight excluding hydrogens is 306 g/mol. The number of benzene rings is 2. The molecule has 0 amide bonds. The topological polar surface area (TPSA) is 90.1 Å². The Morgan fingerprint density at radius 1 is 0.917 bits per heavy atom. The number of aromatic nitrogens is 2. The van der Waals surface area contributed by atoms with E-state index in [0.29, 0.717) is 12.0 Å². The molecule has 1 aromatic heterocycles. The van der Waals surface area contributed by atoms with Gasteiger partial charge in [0, 0.05) is 6.42 Å². The van der Waals surface area contributed by atoms with E-state index in [1.807, 2.05) is 60.7 Å². The maximum absolute atomic E-state index is 12.1. The van der Waals surface area contributed by atoms with Crippen molar-refractivity contribution in [1.82, 2.24) is 9.71 Å². The van der Waals surface area contributed by atoms with E-state index in [1.165, 1.54) is 0 Å². The molecule has 0 aliphatic heterocycles. The van der Waals surface area contributed by atoms with E-state index in [-0.39, 0.29) is 12.4 Å². The summed E-state index contributed by atoms with van der Waals surface area (Å²) in [5.41, 5.74) is 6.93. The Labute approximate surface area is 138 Å². The van der Waals surface area contributed by atoms with Crippen molar-refractivity contribution in [1.29, 1.82) is 0 Å². The molecule has 0 fully saturated rings. The molecule has 6 nitrogen and oxygen atoms in total. The summed E-state index contributed by atoms with van der Waals surface area (Å²) in [5, 5.41) is 0. The van der Waals surface area contributed by atoms with Gasteiger partial charge < -0.3 is 10.6 Å². The first-order valence-corrected chi connectivity index (χ1v) is 7.50. The van der Waals surface area contributed by atoms with Crippen LogP contribution < -0.4 is 21.8 Å². The Morgan fingerprint density at radius 3 is 2.12 bits per heavy atom. The fraction of sp³-hybridized carbons (Fsp3) is 0.111. The summed E-state index contributed by atoms with van der Waals surface area (Å²) >= 11 is 0. The largest absolute Gasteiger partial charge is 0.403 e. The molecule has 0 aliphatic carbocycles. The fourth-order valence-corrected chi connectivity index (χ4v) is 2.38. The SMILES string of the molecule is Nc1c(Cc2ccccc2)c(=O)[nH]c(=O)n1OCc1ccccc1. The molecular formula is C18H17N3O3. The zero-order valence-electron chi connectivity index (χ0n) is 12.9. The first-order chi connectivity index (χ1) is 11.6. The standard InChI is InChI=1S/C18H17N3O3/c19-16-15(11-13-7-3-1-4-8-13)17(22)20-18(23)21(16)24-12-14-9-5-2-6-10-14/h1-10H,11-12,19H2,(H,20,22,23). The molecule has 0 unspecified atom stereocenters. The van der Waals surface area contributed by atoms with Crippen LogP contribution in [0.15, 0.2) is 70.3 Å². The number of hydrogen-bond acceptors (Lipinski definition) is 4. The quantitative estimate of drug-likeness (QED) is 0.741. The minimum atomic E-state index is -0.690. The number of nitrogens with zero attached hydrogens (tertiary/aromatic N) is 1. The van der Waals surface area contributed by atoms with Crippen molar-refractivity contribution in [3.05, 3.63) is 98.2 Å². The van der Waals surface area contributed by atoms with Crippen LogP contribution in [-0.2, 0) is 13.0 Å². The zero-order valence-corrected chi connectivity index (χ0v) is 12.9. The van der Waals surface area contributed by atoms with Gasteiger partial charge >= 0.3 is 5.69 Å². The van der Waals surface area contributed by atoms with E-state index in [2.05, 4.69) is 4.98 Å². The second-order valence-electron chi connectivity index (χ2n) is 5.34. The van der Waals surface area contributed by atoms with Gasteiger partial charge in [0.25, 0.3) is 5.56 Å². The Hall–Kier alpha value is -3.28. The molecule has 6 heteroatoms. The van der Waals surface area contributed by atoms with Crippen LogP contribution in [-0.4, -0.2) is 9.71 Å². The molecule has 3 N–H and O–H groups in total. The highest BCUT2D eigenvalue weighted by Gasteiger charge is 2.14. The van der Waals surface area contributed by atoms with Crippen LogP contribution in [0, 0.1) is 0 Å². The van der Waals surface area contributed by atoms with Crippen LogP contribution in [0.1, 0.15) is 16.7 Å². The van der Waals surface area contributed by atoms with Crippen molar-refractivity contribution in [3.63, 3.8) is 0 Å². The van der Waals surface area contributed by atoms with Crippen molar-refractivity contribution in [2.75, 3.05) is 5.73 Å². The summed E-state index contributed by atoms with van der Waals surface area (Å²) in [7, 11) is 0. The first kappa shape index (κ1) is 15.6. The van der Waals surface area contributed by atoms with Crippen molar-refractivity contribution in [2.24, 2.45) is 0 Å². The number of nitrogens with two attached hydrogens (primary N) is 1. The third kappa shape index (κ3) is 3.38. The van der Waals surface area contributed by atoms with Gasteiger partial charge in [-0.15, -0.1) is 4.73 Å². The fourth-order valence-electron chi connectivity index (χ4n) is 2.38. The van der Waals surface area contributed by atoms with Crippen molar-refractivity contribution in [3.8, 4) is 0 Å². The van der Waals surface area contributed by atoms with E-state index >= 15 is 0 Å². The van der Waals surface area contributed by atoms with Crippen molar-refractivity contribution >= 4 is 5.82 Å². The van der Waals surface area contributed by atoms with Crippen LogP contribution in [0.25, 0.3) is 0 Å². The molecule has 0 bridgehead atoms. The van der Waals surface area contributed by atoms with Crippen molar-refractivity contribution in [2.45, 2.75) is 13.0 Å². The van der Waals surface area contributed by atoms with E-state index in [4.69, 9.17) is 10.6 Å². The van der Waals surface area contributed by atoms with Gasteiger partial charge in [-0.25, -0.2) is 4.79 Å². The molecule has 0 aliphatic rings. The van der Waals surface area contributed by atoms with Gasteiger partial charge in [0.1, 0.15) is 6.61 Å². The van der Waals surface area contributed by atoms with E-state index in [0.717, 1.165) is 15.9 Å². The average molecular weight is 323 g/mol. The van der Waals surface area contributed by atoms with Crippen LogP contribution in [0.5, 0.6) is 0 Å². The lowest BCUT2D eigenvalue weighted by molar-refractivity contribution is 0.0901. The minimum absolute atomic E-state index is 0.0172. The number of hydrogen-bond donors (Lipinski definition) is 2. The van der Waals surface area contributed by atoms with Gasteiger partial charge in [0.2, 0.25) is 0 Å². The molecule has 3 rings (SSSR count). The van der Waals surface area contributed by atoms with Gasteiger partial charge in [-0.3, -0.25) is 9.78 Å². The molecule has 2 aromatic carbocycles. The molecule has 0 spiro atoms. The number of aromatic amines is 1. The Kier molecular flexibility index (Phi) is 4.47. The molecule has 1 heterocycles. The number of anilines is 1. The van der Waals surface area contributed by atoms with E-state index in [9.17, 15) is 9.59 Å². The van der Waals surface area contributed by atoms with Crippen LogP contribution in [0.2, 0.25) is 0 Å². The summed E-state index contributed by atoms with van der Waals surface area (Å²) in [6.07, 6.45) is 0.316. The lowest BCUT2D eigenvalue weighted by atomic mass is 10.1. The predicted molar refractivity (Wildman–Crippen MR) is 91.7 cm³/mol. The summed E-state index contributed by atoms with van der Waals surface area (Å²) in [4.78, 5) is 31.8. The molecule has 3 aromatic rings. The summed E-state index contributed by atoms with van der Waals surface area (Å²) in [6, 6.07) is 18.8. The van der Waals surface area contributed by atoms with Gasteiger partial charge in [-0.1, -0.05) is 60.7 Å². The monoisotopic (exact) mass is 323 g/mol. The third-order valence-corrected chi connectivity index (χ3v) is 3.63. The highest BCUT2D eigenvalue weighted by Crippen LogP contribution is 2.10. The molecule has 0 saturated carbocycles. The maximum Gasteiger partial charge on any atom is 0.363 e. The van der Waals surface area contributed by atoms with Crippen LogP contribution in [0.3, 0.4) is 0 Å². The zero-order chi connectivity index (χ0) is 16.9. The number of nitrogen functional groups attached to an aromatic ring is 1. The second-order valence-corrected chi connectivity index (χ2v) is 5.34. The average Bonchev–Trinajstić information content (AvgIpc) is 2.60. The van der Waals surface area contributed by atoms with Crippen LogP contribution >= 0.6 is 0 Å². The molecule has 0 saturated heterocycles. The minimum Gasteiger partial charge on any atom is -0.403 e. The summed E-state index contributed by atoms with van der Waals surface area (Å²) in [6.45, 7) is 0.168. The normalized spacial score (nSPS) is 10.5. The number of H-pyrrole nitrogens is 1. The van der Waals surface area contributed by atoms with Gasteiger partial charge in [-0.2, -0.15) is 0 Å². The molecule has 24 heavy (non-hydrogen) atoms. The predicted octanol–water partition coefficient (Wildman–Crippen LogP) is 1.34. The smallest absolute Gasteiger partial charge is 0.363 e. The van der Waals surface area contributed by atoms with Gasteiger partial charge in [0.05, 0.1) is 5.56 Å². The molecule has 122 valence electrons. The lowest BCUT2D eigenvalue weighted by Crippen LogP contribution is -2.38. The number of nitrogens with one attached hydrogen (secondary N) is 1. The van der Waals surface area contributed by atoms with E-state index in [1.54, 1.807) is 0 Å². The highest BCUT2D eigenvalue weighted by atomic mass is 16.7. The lowest BCUT2D eigenvalue weighted by Gasteiger charge is -2.13. The summed E-state index contributed by atoms with van der Waals surface area (Å²) < 4.78 is 0.937.